The first-order valence-electron chi connectivity index (χ1n) is 4.45. The lowest BCUT2D eigenvalue weighted by atomic mass is 10.2. The van der Waals surface area contributed by atoms with Gasteiger partial charge < -0.3 is 10.3 Å². The highest BCUT2D eigenvalue weighted by atomic mass is 32.1. The van der Waals surface area contributed by atoms with E-state index in [9.17, 15) is 0 Å². The van der Waals surface area contributed by atoms with Gasteiger partial charge in [-0.3, -0.25) is 0 Å². The van der Waals surface area contributed by atoms with Crippen LogP contribution in [0.25, 0.3) is 20.0 Å². The second-order valence-corrected chi connectivity index (χ2v) is 5.31. The number of nitrogen functional groups attached to an aromatic ring is 1. The van der Waals surface area contributed by atoms with Crippen molar-refractivity contribution in [3.05, 3.63) is 23.1 Å². The molecule has 0 saturated carbocycles. The third-order valence-corrected chi connectivity index (χ3v) is 4.42. The van der Waals surface area contributed by atoms with Gasteiger partial charge >= 0.3 is 0 Å². The maximum atomic E-state index is 5.65. The summed E-state index contributed by atoms with van der Waals surface area (Å²) >= 11 is 3.44. The predicted octanol–water partition coefficient (Wildman–Crippen LogP) is 3.51. The first kappa shape index (κ1) is 8.94. The SMILES string of the molecule is Cc1c(N)noc1-c1cc2sccc2s1. The highest BCUT2D eigenvalue weighted by Gasteiger charge is 2.14. The molecule has 15 heavy (non-hydrogen) atoms. The van der Waals surface area contributed by atoms with E-state index in [-0.39, 0.29) is 0 Å². The lowest BCUT2D eigenvalue weighted by Gasteiger charge is -1.89. The molecule has 0 amide bonds. The monoisotopic (exact) mass is 236 g/mol. The van der Waals surface area contributed by atoms with E-state index in [1.807, 2.05) is 6.92 Å². The summed E-state index contributed by atoms with van der Waals surface area (Å²) in [5.41, 5.74) is 6.57. The van der Waals surface area contributed by atoms with E-state index in [0.717, 1.165) is 16.2 Å². The largest absolute Gasteiger partial charge is 0.381 e. The van der Waals surface area contributed by atoms with E-state index < -0.39 is 0 Å². The Morgan fingerprint density at radius 1 is 1.40 bits per heavy atom. The molecule has 3 nitrogen and oxygen atoms in total. The van der Waals surface area contributed by atoms with E-state index in [1.165, 1.54) is 9.40 Å². The lowest BCUT2D eigenvalue weighted by Crippen LogP contribution is -1.85. The van der Waals surface area contributed by atoms with Gasteiger partial charge in [-0.2, -0.15) is 0 Å². The number of anilines is 1. The number of hydrogen-bond donors (Lipinski definition) is 1. The molecule has 0 bridgehead atoms. The second-order valence-electron chi connectivity index (χ2n) is 3.28. The minimum atomic E-state index is 0.474. The molecule has 0 saturated heterocycles. The number of fused-ring (bicyclic) bond motifs is 1. The molecule has 76 valence electrons. The molecule has 3 aromatic rings. The summed E-state index contributed by atoms with van der Waals surface area (Å²) in [4.78, 5) is 1.10. The summed E-state index contributed by atoms with van der Waals surface area (Å²) in [6.45, 7) is 1.93. The van der Waals surface area contributed by atoms with Crippen molar-refractivity contribution >= 4 is 37.9 Å². The number of aromatic nitrogens is 1. The van der Waals surface area contributed by atoms with Crippen LogP contribution < -0.4 is 5.73 Å². The maximum absolute atomic E-state index is 5.65. The molecule has 0 aliphatic rings. The van der Waals surface area contributed by atoms with Crippen LogP contribution in [0.4, 0.5) is 5.82 Å². The van der Waals surface area contributed by atoms with Crippen LogP contribution in [0.1, 0.15) is 5.56 Å². The summed E-state index contributed by atoms with van der Waals surface area (Å²) in [6, 6.07) is 4.24. The Morgan fingerprint density at radius 3 is 2.93 bits per heavy atom. The summed E-state index contributed by atoms with van der Waals surface area (Å²) < 4.78 is 7.78. The fourth-order valence-corrected chi connectivity index (χ4v) is 3.60. The second kappa shape index (κ2) is 3.08. The van der Waals surface area contributed by atoms with Gasteiger partial charge in [-0.1, -0.05) is 5.16 Å². The fourth-order valence-electron chi connectivity index (χ4n) is 1.46. The molecule has 0 fully saturated rings. The third-order valence-electron chi connectivity index (χ3n) is 2.32. The van der Waals surface area contributed by atoms with Gasteiger partial charge in [0, 0.05) is 15.0 Å². The van der Waals surface area contributed by atoms with Crippen LogP contribution >= 0.6 is 22.7 Å². The van der Waals surface area contributed by atoms with E-state index in [4.69, 9.17) is 10.3 Å². The van der Waals surface area contributed by atoms with E-state index in [2.05, 4.69) is 22.7 Å². The molecule has 2 N–H and O–H groups in total. The van der Waals surface area contributed by atoms with Crippen LogP contribution in [-0.4, -0.2) is 5.16 Å². The standard InChI is InChI=1S/C10H8N2OS2/c1-5-9(13-12-10(5)11)8-4-7-6(15-8)2-3-14-7/h2-4H,1H3,(H2,11,12). The van der Waals surface area contributed by atoms with Gasteiger partial charge in [0.05, 0.1) is 4.88 Å². The van der Waals surface area contributed by atoms with Gasteiger partial charge in [0.2, 0.25) is 0 Å². The topological polar surface area (TPSA) is 52.0 Å². The molecule has 0 aromatic carbocycles. The molecule has 3 rings (SSSR count). The van der Waals surface area contributed by atoms with Crippen molar-refractivity contribution < 1.29 is 4.52 Å². The summed E-state index contributed by atoms with van der Waals surface area (Å²) in [5, 5.41) is 5.85. The van der Waals surface area contributed by atoms with Gasteiger partial charge in [-0.05, 0) is 24.4 Å². The average Bonchev–Trinajstić information content (AvgIpc) is 2.82. The normalized spacial score (nSPS) is 11.3. The van der Waals surface area contributed by atoms with Gasteiger partial charge in [-0.15, -0.1) is 22.7 Å². The van der Waals surface area contributed by atoms with Crippen molar-refractivity contribution in [3.8, 4) is 10.6 Å². The molecule has 3 heterocycles. The third kappa shape index (κ3) is 1.27. The van der Waals surface area contributed by atoms with Gasteiger partial charge in [0.15, 0.2) is 11.6 Å². The Bertz CT molecular complexity index is 592. The molecule has 0 unspecified atom stereocenters. The molecule has 0 radical (unpaired) electrons. The van der Waals surface area contributed by atoms with Crippen molar-refractivity contribution in [2.45, 2.75) is 6.92 Å². The van der Waals surface area contributed by atoms with Crippen LogP contribution in [0, 0.1) is 6.92 Å². The first-order valence-corrected chi connectivity index (χ1v) is 6.14. The molecule has 0 aliphatic carbocycles. The Hall–Kier alpha value is -1.33. The highest BCUT2D eigenvalue weighted by molar-refractivity contribution is 7.28. The molecular weight excluding hydrogens is 228 g/mol. The predicted molar refractivity (Wildman–Crippen MR) is 64.3 cm³/mol. The fraction of sp³-hybridized carbons (Fsp3) is 0.100. The average molecular weight is 236 g/mol. The molecular formula is C10H8N2OS2. The Balaban J connectivity index is 2.21. The quantitative estimate of drug-likeness (QED) is 0.703. The summed E-state index contributed by atoms with van der Waals surface area (Å²) in [7, 11) is 0. The number of hydrogen-bond acceptors (Lipinski definition) is 5. The Morgan fingerprint density at radius 2 is 2.27 bits per heavy atom. The van der Waals surface area contributed by atoms with Gasteiger partial charge in [-0.25, -0.2) is 0 Å². The van der Waals surface area contributed by atoms with Gasteiger partial charge in [0.1, 0.15) is 0 Å². The zero-order valence-corrected chi connectivity index (χ0v) is 9.61. The Kier molecular flexibility index (Phi) is 1.83. The van der Waals surface area contributed by atoms with E-state index >= 15 is 0 Å². The Labute approximate surface area is 94.1 Å². The van der Waals surface area contributed by atoms with Crippen molar-refractivity contribution in [1.82, 2.24) is 5.16 Å². The molecule has 0 atom stereocenters. The van der Waals surface area contributed by atoms with E-state index in [0.29, 0.717) is 5.82 Å². The lowest BCUT2D eigenvalue weighted by molar-refractivity contribution is 0.436. The molecule has 0 spiro atoms. The van der Waals surface area contributed by atoms with Crippen LogP contribution in [0.3, 0.4) is 0 Å². The van der Waals surface area contributed by atoms with Gasteiger partial charge in [0.25, 0.3) is 0 Å². The smallest absolute Gasteiger partial charge is 0.181 e. The van der Waals surface area contributed by atoms with Crippen molar-refractivity contribution in [3.63, 3.8) is 0 Å². The molecule has 0 aliphatic heterocycles. The van der Waals surface area contributed by atoms with Crippen molar-refractivity contribution in [2.24, 2.45) is 0 Å². The number of rotatable bonds is 1. The molecule has 5 heteroatoms. The number of nitrogens with two attached hydrogens (primary N) is 1. The number of thiophene rings is 2. The zero-order chi connectivity index (χ0) is 10.4. The highest BCUT2D eigenvalue weighted by Crippen LogP contribution is 2.38. The van der Waals surface area contributed by atoms with Crippen LogP contribution in [0.15, 0.2) is 22.0 Å². The van der Waals surface area contributed by atoms with E-state index in [1.54, 1.807) is 22.7 Å². The van der Waals surface area contributed by atoms with Crippen molar-refractivity contribution in [2.75, 3.05) is 5.73 Å². The van der Waals surface area contributed by atoms with Crippen LogP contribution in [0.2, 0.25) is 0 Å². The maximum Gasteiger partial charge on any atom is 0.181 e. The minimum absolute atomic E-state index is 0.474. The van der Waals surface area contributed by atoms with Crippen LogP contribution in [-0.2, 0) is 0 Å². The summed E-state index contributed by atoms with van der Waals surface area (Å²) in [5.74, 6) is 1.27. The first-order chi connectivity index (χ1) is 7.25. The van der Waals surface area contributed by atoms with Crippen LogP contribution in [0.5, 0.6) is 0 Å². The summed E-state index contributed by atoms with van der Waals surface area (Å²) in [6.07, 6.45) is 0. The van der Waals surface area contributed by atoms with Crippen molar-refractivity contribution in [1.29, 1.82) is 0 Å². The number of nitrogens with zero attached hydrogens (tertiary/aromatic N) is 1. The minimum Gasteiger partial charge on any atom is -0.381 e. The molecule has 3 aromatic heterocycles. The zero-order valence-electron chi connectivity index (χ0n) is 7.98.